The van der Waals surface area contributed by atoms with Crippen LogP contribution in [0.5, 0.6) is 0 Å². The van der Waals surface area contributed by atoms with E-state index in [1.807, 2.05) is 13.8 Å². The van der Waals surface area contributed by atoms with Gasteiger partial charge in [0.2, 0.25) is 0 Å². The van der Waals surface area contributed by atoms with Gasteiger partial charge < -0.3 is 0 Å². The summed E-state index contributed by atoms with van der Waals surface area (Å²) < 4.78 is 0. The fourth-order valence-electron chi connectivity index (χ4n) is 3.34. The number of hydrogen-bond acceptors (Lipinski definition) is 0. The Balaban J connectivity index is 0.00000211. The molecule has 0 nitrogen and oxygen atoms in total. The predicted molar refractivity (Wildman–Crippen MR) is 103 cm³/mol. The maximum Gasteiger partial charge on any atom is -0.0162 e. The number of rotatable bonds is 10. The Morgan fingerprint density at radius 1 is 0.818 bits per heavy atom. The Bertz CT molecular complexity index is 347. The molecule has 0 spiro atoms. The maximum atomic E-state index is 2.49. The van der Waals surface area contributed by atoms with Gasteiger partial charge in [-0.25, -0.2) is 0 Å². The highest BCUT2D eigenvalue weighted by molar-refractivity contribution is 5.27. The first kappa shape index (κ1) is 21.2. The van der Waals surface area contributed by atoms with Crippen LogP contribution in [0.4, 0.5) is 0 Å². The van der Waals surface area contributed by atoms with Crippen molar-refractivity contribution in [2.24, 2.45) is 5.92 Å². The van der Waals surface area contributed by atoms with E-state index in [0.29, 0.717) is 0 Å². The lowest BCUT2D eigenvalue weighted by atomic mass is 9.87. The number of hydrogen-bond donors (Lipinski definition) is 0. The lowest BCUT2D eigenvalue weighted by Gasteiger charge is -2.18. The molecule has 1 atom stereocenters. The number of benzene rings is 1. The summed E-state index contributed by atoms with van der Waals surface area (Å²) in [5.74, 6) is 1.64. The lowest BCUT2D eigenvalue weighted by molar-refractivity contribution is 0.461. The highest BCUT2D eigenvalue weighted by atomic mass is 14.2. The smallest absolute Gasteiger partial charge is 0.0162 e. The quantitative estimate of drug-likeness (QED) is 0.414. The minimum Gasteiger partial charge on any atom is -0.0683 e. The average molecular weight is 305 g/mol. The van der Waals surface area contributed by atoms with E-state index >= 15 is 0 Å². The second-order valence-corrected chi connectivity index (χ2v) is 6.29. The zero-order valence-electron chi connectivity index (χ0n) is 16.1. The zero-order chi connectivity index (χ0) is 16.8. The van der Waals surface area contributed by atoms with Crippen molar-refractivity contribution in [2.45, 2.75) is 98.8 Å². The average Bonchev–Trinajstić information content (AvgIpc) is 2.56. The normalized spacial score (nSPS) is 12.0. The van der Waals surface area contributed by atoms with Crippen molar-refractivity contribution < 1.29 is 0 Å². The van der Waals surface area contributed by atoms with E-state index in [9.17, 15) is 0 Å². The summed E-state index contributed by atoms with van der Waals surface area (Å²) in [4.78, 5) is 0. The van der Waals surface area contributed by atoms with Gasteiger partial charge in [-0.2, -0.15) is 0 Å². The van der Waals surface area contributed by atoms with E-state index in [2.05, 4.69) is 52.0 Å². The van der Waals surface area contributed by atoms with Crippen molar-refractivity contribution >= 4 is 0 Å². The van der Waals surface area contributed by atoms with Gasteiger partial charge in [0.15, 0.2) is 0 Å². The molecule has 0 amide bonds. The van der Waals surface area contributed by atoms with Crippen molar-refractivity contribution in [2.75, 3.05) is 0 Å². The van der Waals surface area contributed by atoms with E-state index in [1.165, 1.54) is 51.4 Å². The van der Waals surface area contributed by atoms with Gasteiger partial charge in [0.05, 0.1) is 0 Å². The Morgan fingerprint density at radius 3 is 1.91 bits per heavy atom. The molecular formula is C22H40. The molecule has 0 N–H and O–H groups in total. The van der Waals surface area contributed by atoms with Crippen LogP contribution in [0.2, 0.25) is 0 Å². The van der Waals surface area contributed by atoms with Gasteiger partial charge in [-0.05, 0) is 42.2 Å². The molecule has 0 saturated carbocycles. The minimum atomic E-state index is 0.774. The summed E-state index contributed by atoms with van der Waals surface area (Å²) in [5, 5.41) is 0. The van der Waals surface area contributed by atoms with Crippen molar-refractivity contribution in [3.05, 3.63) is 35.4 Å². The molecule has 0 fully saturated rings. The third kappa shape index (κ3) is 8.01. The van der Waals surface area contributed by atoms with Crippen LogP contribution in [0, 0.1) is 5.92 Å². The molecule has 0 aromatic heterocycles. The summed E-state index contributed by atoms with van der Waals surface area (Å²) in [6.07, 6.45) is 10.5. The third-order valence-electron chi connectivity index (χ3n) is 4.50. The molecule has 0 aliphatic carbocycles. The zero-order valence-corrected chi connectivity index (χ0v) is 16.1. The highest BCUT2D eigenvalue weighted by Crippen LogP contribution is 2.28. The Labute approximate surface area is 140 Å². The fourth-order valence-corrected chi connectivity index (χ4v) is 3.34. The first-order chi connectivity index (χ1) is 10.7. The summed E-state index contributed by atoms with van der Waals surface area (Å²) in [6.45, 7) is 13.3. The largest absolute Gasteiger partial charge is 0.0683 e. The second kappa shape index (κ2) is 13.9. The van der Waals surface area contributed by atoms with E-state index in [-0.39, 0.29) is 0 Å². The molecule has 0 aliphatic rings. The van der Waals surface area contributed by atoms with Gasteiger partial charge in [-0.15, -0.1) is 0 Å². The van der Waals surface area contributed by atoms with Crippen LogP contribution < -0.4 is 0 Å². The molecule has 22 heavy (non-hydrogen) atoms. The molecule has 1 unspecified atom stereocenters. The van der Waals surface area contributed by atoms with Gasteiger partial charge in [-0.1, -0.05) is 97.9 Å². The maximum absolute atomic E-state index is 2.49. The van der Waals surface area contributed by atoms with Gasteiger partial charge in [-0.3, -0.25) is 0 Å². The molecule has 0 heterocycles. The standard InChI is InChI=1S/C20H34.C2H6/c1-5-10-17(8-4)15-18-13-9-14-20(16-18)19(11-6-2)12-7-3;1-2/h9,13-14,16-17,19H,5-8,10-12,15H2,1-4H3;1-2H3. The Hall–Kier alpha value is -0.780. The van der Waals surface area contributed by atoms with Crippen molar-refractivity contribution in [3.8, 4) is 0 Å². The molecule has 1 rings (SSSR count). The van der Waals surface area contributed by atoms with Crippen LogP contribution in [-0.4, -0.2) is 0 Å². The van der Waals surface area contributed by atoms with Gasteiger partial charge >= 0.3 is 0 Å². The SMILES string of the molecule is CC.CCCC(CC)Cc1cccc(C(CCC)CCC)c1. The third-order valence-corrected chi connectivity index (χ3v) is 4.50. The summed E-state index contributed by atoms with van der Waals surface area (Å²) in [7, 11) is 0. The van der Waals surface area contributed by atoms with Crippen LogP contribution in [0.1, 0.15) is 104 Å². The predicted octanol–water partition coefficient (Wildman–Crippen LogP) is 7.77. The van der Waals surface area contributed by atoms with Crippen LogP contribution in [0.3, 0.4) is 0 Å². The van der Waals surface area contributed by atoms with Gasteiger partial charge in [0.25, 0.3) is 0 Å². The summed E-state index contributed by atoms with van der Waals surface area (Å²) in [6, 6.07) is 9.45. The summed E-state index contributed by atoms with van der Waals surface area (Å²) in [5.41, 5.74) is 3.14. The Morgan fingerprint density at radius 2 is 1.41 bits per heavy atom. The van der Waals surface area contributed by atoms with Crippen LogP contribution >= 0.6 is 0 Å². The van der Waals surface area contributed by atoms with E-state index in [4.69, 9.17) is 0 Å². The van der Waals surface area contributed by atoms with Crippen LogP contribution in [0.25, 0.3) is 0 Å². The molecule has 128 valence electrons. The monoisotopic (exact) mass is 304 g/mol. The first-order valence-electron chi connectivity index (χ1n) is 9.83. The van der Waals surface area contributed by atoms with Gasteiger partial charge in [0, 0.05) is 0 Å². The van der Waals surface area contributed by atoms with Gasteiger partial charge in [0.1, 0.15) is 0 Å². The molecular weight excluding hydrogens is 264 g/mol. The van der Waals surface area contributed by atoms with Crippen LogP contribution in [-0.2, 0) is 6.42 Å². The van der Waals surface area contributed by atoms with Crippen molar-refractivity contribution in [3.63, 3.8) is 0 Å². The fraction of sp³-hybridized carbons (Fsp3) is 0.727. The van der Waals surface area contributed by atoms with E-state index in [0.717, 1.165) is 11.8 Å². The van der Waals surface area contributed by atoms with Crippen LogP contribution in [0.15, 0.2) is 24.3 Å². The molecule has 0 heteroatoms. The van der Waals surface area contributed by atoms with Crippen molar-refractivity contribution in [1.82, 2.24) is 0 Å². The van der Waals surface area contributed by atoms with E-state index in [1.54, 1.807) is 11.1 Å². The van der Waals surface area contributed by atoms with E-state index < -0.39 is 0 Å². The lowest BCUT2D eigenvalue weighted by Crippen LogP contribution is -2.04. The highest BCUT2D eigenvalue weighted by Gasteiger charge is 2.12. The molecule has 0 radical (unpaired) electrons. The summed E-state index contributed by atoms with van der Waals surface area (Å²) >= 11 is 0. The molecule has 0 saturated heterocycles. The molecule has 1 aromatic carbocycles. The first-order valence-corrected chi connectivity index (χ1v) is 9.83. The Kier molecular flexibility index (Phi) is 13.4. The molecule has 1 aromatic rings. The molecule has 0 aliphatic heterocycles. The molecule has 0 bridgehead atoms. The van der Waals surface area contributed by atoms with Crippen molar-refractivity contribution in [1.29, 1.82) is 0 Å². The topological polar surface area (TPSA) is 0 Å². The second-order valence-electron chi connectivity index (χ2n) is 6.29. The minimum absolute atomic E-state index is 0.774.